The topological polar surface area (TPSA) is 131 Å². The fourth-order valence-corrected chi connectivity index (χ4v) is 1.87. The van der Waals surface area contributed by atoms with Crippen LogP contribution in [-0.2, 0) is 9.53 Å². The van der Waals surface area contributed by atoms with E-state index in [-0.39, 0.29) is 11.4 Å². The highest BCUT2D eigenvalue weighted by Gasteiger charge is 2.26. The number of rotatable bonds is 8. The lowest BCUT2D eigenvalue weighted by atomic mass is 10.2. The van der Waals surface area contributed by atoms with Gasteiger partial charge in [0, 0.05) is 6.07 Å². The number of hydrogen-bond acceptors (Lipinski definition) is 7. The van der Waals surface area contributed by atoms with Gasteiger partial charge in [-0.2, -0.15) is 0 Å². The molecule has 0 aliphatic heterocycles. The first-order valence-corrected chi connectivity index (χ1v) is 7.23. The maximum Gasteiger partial charge on any atom is 0.324 e. The number of carboxylic acids is 1. The van der Waals surface area contributed by atoms with E-state index >= 15 is 0 Å². The average Bonchev–Trinajstić information content (AvgIpc) is 2.41. The molecule has 0 saturated carbocycles. The number of carbonyl (C=O) groups is 1. The molecule has 1 aromatic rings. The van der Waals surface area contributed by atoms with Crippen LogP contribution in [0.15, 0.2) is 18.2 Å². The van der Waals surface area contributed by atoms with Crippen molar-refractivity contribution in [1.29, 1.82) is 0 Å². The monoisotopic (exact) mass is 342 g/mol. The number of nitro benzene ring substituents is 1. The standard InChI is InChI=1S/C15H22N2O7/c1-9-6-5-7-11(17(21)22)12(9)23-8-10(13(18)19)16-14(20)24-15(2,3)4/h5-7,10,14,16,20H,8H2,1-4H3,(H,18,19)/t10-,14?/m0/s1. The summed E-state index contributed by atoms with van der Waals surface area (Å²) in [6, 6.07) is 3.07. The Morgan fingerprint density at radius 3 is 2.54 bits per heavy atom. The van der Waals surface area contributed by atoms with Crippen LogP contribution in [0.4, 0.5) is 5.69 Å². The fraction of sp³-hybridized carbons (Fsp3) is 0.533. The second-order valence-corrected chi connectivity index (χ2v) is 6.13. The molecule has 24 heavy (non-hydrogen) atoms. The molecule has 0 saturated heterocycles. The highest BCUT2D eigenvalue weighted by atomic mass is 16.6. The molecule has 0 radical (unpaired) electrons. The third kappa shape index (κ3) is 6.11. The van der Waals surface area contributed by atoms with Crippen LogP contribution in [0.1, 0.15) is 26.3 Å². The van der Waals surface area contributed by atoms with Gasteiger partial charge in [-0.3, -0.25) is 20.2 Å². The minimum absolute atomic E-state index is 0.0122. The normalized spacial score (nSPS) is 14.0. The summed E-state index contributed by atoms with van der Waals surface area (Å²) in [6.45, 7) is 6.28. The summed E-state index contributed by atoms with van der Waals surface area (Å²) < 4.78 is 10.5. The van der Waals surface area contributed by atoms with E-state index in [0.29, 0.717) is 5.56 Å². The second-order valence-electron chi connectivity index (χ2n) is 6.13. The van der Waals surface area contributed by atoms with E-state index < -0.39 is 35.6 Å². The number of carboxylic acid groups (broad SMARTS) is 1. The largest absolute Gasteiger partial charge is 0.484 e. The molecule has 0 spiro atoms. The second kappa shape index (κ2) is 8.04. The van der Waals surface area contributed by atoms with E-state index in [9.17, 15) is 25.1 Å². The van der Waals surface area contributed by atoms with Crippen LogP contribution in [0.5, 0.6) is 5.75 Å². The summed E-state index contributed by atoms with van der Waals surface area (Å²) >= 11 is 0. The maximum atomic E-state index is 11.3. The van der Waals surface area contributed by atoms with Crippen LogP contribution >= 0.6 is 0 Å². The number of aryl methyl sites for hydroxylation is 1. The third-order valence-electron chi connectivity index (χ3n) is 2.89. The van der Waals surface area contributed by atoms with Crippen LogP contribution in [0.25, 0.3) is 0 Å². The van der Waals surface area contributed by atoms with Crippen molar-refractivity contribution in [2.24, 2.45) is 0 Å². The molecule has 1 aromatic carbocycles. The first-order valence-electron chi connectivity index (χ1n) is 7.23. The van der Waals surface area contributed by atoms with Crippen molar-refractivity contribution < 1.29 is 29.4 Å². The predicted octanol–water partition coefficient (Wildman–Crippen LogP) is 1.42. The Kier molecular flexibility index (Phi) is 6.64. The molecule has 0 heterocycles. The van der Waals surface area contributed by atoms with E-state index in [1.807, 2.05) is 0 Å². The Balaban J connectivity index is 2.82. The minimum Gasteiger partial charge on any atom is -0.484 e. The Hall–Kier alpha value is -2.23. The lowest BCUT2D eigenvalue weighted by molar-refractivity contribution is -0.385. The van der Waals surface area contributed by atoms with Gasteiger partial charge in [-0.05, 0) is 33.3 Å². The Morgan fingerprint density at radius 1 is 1.42 bits per heavy atom. The highest BCUT2D eigenvalue weighted by molar-refractivity contribution is 5.73. The SMILES string of the molecule is Cc1cccc([N+](=O)[O-])c1OC[C@H](NC(O)OC(C)(C)C)C(=O)O. The van der Waals surface area contributed by atoms with Crippen molar-refractivity contribution in [2.75, 3.05) is 6.61 Å². The molecule has 0 amide bonds. The van der Waals surface area contributed by atoms with Crippen molar-refractivity contribution in [3.63, 3.8) is 0 Å². The number of aliphatic carboxylic acids is 1. The molecule has 0 bridgehead atoms. The molecule has 134 valence electrons. The van der Waals surface area contributed by atoms with Gasteiger partial charge in [-0.1, -0.05) is 12.1 Å². The van der Waals surface area contributed by atoms with Gasteiger partial charge < -0.3 is 19.7 Å². The molecule has 0 aromatic heterocycles. The zero-order valence-corrected chi connectivity index (χ0v) is 14.0. The van der Waals surface area contributed by atoms with Crippen molar-refractivity contribution in [1.82, 2.24) is 5.32 Å². The van der Waals surface area contributed by atoms with Crippen LogP contribution in [-0.4, -0.2) is 45.8 Å². The van der Waals surface area contributed by atoms with Gasteiger partial charge in [-0.15, -0.1) is 0 Å². The number of aliphatic hydroxyl groups excluding tert-OH is 1. The number of nitrogens with one attached hydrogen (secondary N) is 1. The lowest BCUT2D eigenvalue weighted by Crippen LogP contribution is -2.49. The van der Waals surface area contributed by atoms with E-state index in [2.05, 4.69) is 5.32 Å². The number of ether oxygens (including phenoxy) is 2. The number of benzene rings is 1. The molecule has 0 aliphatic carbocycles. The van der Waals surface area contributed by atoms with E-state index in [1.54, 1.807) is 33.8 Å². The zero-order valence-electron chi connectivity index (χ0n) is 14.0. The first kappa shape index (κ1) is 19.8. The summed E-state index contributed by atoms with van der Waals surface area (Å²) in [7, 11) is 0. The summed E-state index contributed by atoms with van der Waals surface area (Å²) in [4.78, 5) is 21.7. The average molecular weight is 342 g/mol. The molecule has 1 unspecified atom stereocenters. The number of aliphatic hydroxyl groups is 1. The minimum atomic E-state index is -1.53. The predicted molar refractivity (Wildman–Crippen MR) is 84.7 cm³/mol. The zero-order chi connectivity index (χ0) is 18.5. The first-order chi connectivity index (χ1) is 11.0. The van der Waals surface area contributed by atoms with Gasteiger partial charge >= 0.3 is 11.7 Å². The van der Waals surface area contributed by atoms with E-state index in [4.69, 9.17) is 9.47 Å². The van der Waals surface area contributed by atoms with Crippen LogP contribution in [0.2, 0.25) is 0 Å². The van der Waals surface area contributed by atoms with Crippen molar-refractivity contribution in [3.05, 3.63) is 33.9 Å². The summed E-state index contributed by atoms with van der Waals surface area (Å²) in [5.74, 6) is -1.30. The van der Waals surface area contributed by atoms with Gasteiger partial charge in [0.25, 0.3) is 0 Å². The van der Waals surface area contributed by atoms with E-state index in [1.165, 1.54) is 12.1 Å². The van der Waals surface area contributed by atoms with Crippen molar-refractivity contribution in [2.45, 2.75) is 45.8 Å². The van der Waals surface area contributed by atoms with Gasteiger partial charge in [-0.25, -0.2) is 0 Å². The number of hydrogen-bond donors (Lipinski definition) is 3. The van der Waals surface area contributed by atoms with Crippen molar-refractivity contribution in [3.8, 4) is 5.75 Å². The smallest absolute Gasteiger partial charge is 0.324 e. The fourth-order valence-electron chi connectivity index (χ4n) is 1.87. The molecular formula is C15H22N2O7. The molecule has 0 aliphatic rings. The number of para-hydroxylation sites is 1. The Bertz CT molecular complexity index is 598. The summed E-state index contributed by atoms with van der Waals surface area (Å²) in [6.07, 6.45) is -1.53. The van der Waals surface area contributed by atoms with Gasteiger partial charge in [0.15, 0.2) is 5.75 Å². The molecule has 9 nitrogen and oxygen atoms in total. The Morgan fingerprint density at radius 2 is 2.04 bits per heavy atom. The van der Waals surface area contributed by atoms with Crippen molar-refractivity contribution >= 4 is 11.7 Å². The van der Waals surface area contributed by atoms with Gasteiger partial charge in [0.05, 0.1) is 10.5 Å². The molecule has 3 N–H and O–H groups in total. The maximum absolute atomic E-state index is 11.3. The molecule has 9 heteroatoms. The van der Waals surface area contributed by atoms with Gasteiger partial charge in [0.1, 0.15) is 12.6 Å². The van der Waals surface area contributed by atoms with E-state index in [0.717, 1.165) is 0 Å². The third-order valence-corrected chi connectivity index (χ3v) is 2.89. The summed E-state index contributed by atoms with van der Waals surface area (Å²) in [5, 5.41) is 32.3. The van der Waals surface area contributed by atoms with Crippen LogP contribution < -0.4 is 10.1 Å². The number of nitro groups is 1. The molecule has 0 fully saturated rings. The van der Waals surface area contributed by atoms with Gasteiger partial charge in [0.2, 0.25) is 6.41 Å². The lowest BCUT2D eigenvalue weighted by Gasteiger charge is -2.26. The molecule has 1 rings (SSSR count). The summed E-state index contributed by atoms with van der Waals surface area (Å²) in [5.41, 5.74) is -0.448. The quantitative estimate of drug-likeness (QED) is 0.367. The molecule has 2 atom stereocenters. The molecular weight excluding hydrogens is 320 g/mol. The number of nitrogens with zero attached hydrogens (tertiary/aromatic N) is 1. The van der Waals surface area contributed by atoms with Crippen LogP contribution in [0, 0.1) is 17.0 Å². The highest BCUT2D eigenvalue weighted by Crippen LogP contribution is 2.30. The Labute approximate surface area is 139 Å². The van der Waals surface area contributed by atoms with Crippen LogP contribution in [0.3, 0.4) is 0 Å².